The predicted molar refractivity (Wildman–Crippen MR) is 63.9 cm³/mol. The van der Waals surface area contributed by atoms with Crippen LogP contribution in [0.1, 0.15) is 47.5 Å². The molecule has 1 amide bonds. The molecule has 0 atom stereocenters. The fraction of sp³-hybridized carbons (Fsp3) is 0.917. The van der Waals surface area contributed by atoms with Crippen molar-refractivity contribution in [3.63, 3.8) is 0 Å². The number of rotatable bonds is 7. The SMILES string of the molecule is CCCNC(=O)CC(C)(C)COC(C)(C)O. The van der Waals surface area contributed by atoms with Gasteiger partial charge in [0.05, 0.1) is 6.61 Å². The topological polar surface area (TPSA) is 58.6 Å². The first-order valence-corrected chi connectivity index (χ1v) is 5.79. The maximum absolute atomic E-state index is 11.5. The van der Waals surface area contributed by atoms with Crippen molar-refractivity contribution in [2.75, 3.05) is 13.2 Å². The van der Waals surface area contributed by atoms with E-state index >= 15 is 0 Å². The van der Waals surface area contributed by atoms with Crippen LogP contribution in [0, 0.1) is 5.41 Å². The van der Waals surface area contributed by atoms with Crippen LogP contribution in [-0.4, -0.2) is 30.0 Å². The highest BCUT2D eigenvalue weighted by Gasteiger charge is 2.25. The van der Waals surface area contributed by atoms with Crippen LogP contribution in [-0.2, 0) is 9.53 Å². The number of amides is 1. The number of hydrogen-bond donors (Lipinski definition) is 2. The van der Waals surface area contributed by atoms with Crippen molar-refractivity contribution in [2.24, 2.45) is 5.41 Å². The Hall–Kier alpha value is -0.610. The van der Waals surface area contributed by atoms with Crippen LogP contribution in [0.4, 0.5) is 0 Å². The van der Waals surface area contributed by atoms with Crippen molar-refractivity contribution in [1.82, 2.24) is 5.32 Å². The predicted octanol–water partition coefficient (Wildman–Crippen LogP) is 1.67. The molecule has 0 unspecified atom stereocenters. The average Bonchev–Trinajstić information content (AvgIpc) is 2.10. The lowest BCUT2D eigenvalue weighted by molar-refractivity contribution is -0.192. The molecule has 4 nitrogen and oxygen atoms in total. The summed E-state index contributed by atoms with van der Waals surface area (Å²) in [5.41, 5.74) is -0.266. The molecule has 16 heavy (non-hydrogen) atoms. The molecule has 0 saturated carbocycles. The molecular formula is C12H25NO3. The van der Waals surface area contributed by atoms with Gasteiger partial charge in [0, 0.05) is 13.0 Å². The molecule has 0 rings (SSSR count). The van der Waals surface area contributed by atoms with Crippen LogP contribution in [0.15, 0.2) is 0 Å². The number of hydrogen-bond acceptors (Lipinski definition) is 3. The molecule has 0 aromatic heterocycles. The molecule has 0 aliphatic heterocycles. The molecule has 2 N–H and O–H groups in total. The molecule has 0 bridgehead atoms. The van der Waals surface area contributed by atoms with Gasteiger partial charge in [-0.2, -0.15) is 0 Å². The molecule has 0 radical (unpaired) electrons. The molecule has 0 fully saturated rings. The van der Waals surface area contributed by atoms with E-state index in [0.29, 0.717) is 19.6 Å². The Morgan fingerprint density at radius 2 is 1.88 bits per heavy atom. The molecule has 0 aromatic carbocycles. The number of carbonyl (C=O) groups excluding carboxylic acids is 1. The maximum Gasteiger partial charge on any atom is 0.220 e. The first-order chi connectivity index (χ1) is 7.16. The molecule has 0 saturated heterocycles. The molecule has 4 heteroatoms. The highest BCUT2D eigenvalue weighted by atomic mass is 16.6. The number of carbonyl (C=O) groups is 1. The molecule has 0 aliphatic rings. The normalized spacial score (nSPS) is 12.6. The minimum Gasteiger partial charge on any atom is -0.366 e. The summed E-state index contributed by atoms with van der Waals surface area (Å²) < 4.78 is 5.28. The lowest BCUT2D eigenvalue weighted by Crippen LogP contribution is -2.35. The Kier molecular flexibility index (Phi) is 5.97. The van der Waals surface area contributed by atoms with E-state index in [4.69, 9.17) is 4.74 Å². The van der Waals surface area contributed by atoms with Gasteiger partial charge in [0.2, 0.25) is 5.91 Å². The van der Waals surface area contributed by atoms with Gasteiger partial charge >= 0.3 is 0 Å². The molecular weight excluding hydrogens is 206 g/mol. The van der Waals surface area contributed by atoms with E-state index in [-0.39, 0.29) is 11.3 Å². The van der Waals surface area contributed by atoms with Crippen molar-refractivity contribution < 1.29 is 14.6 Å². The third kappa shape index (κ3) is 8.68. The molecule has 0 aromatic rings. The number of nitrogens with one attached hydrogen (secondary N) is 1. The summed E-state index contributed by atoms with van der Waals surface area (Å²) in [7, 11) is 0. The first-order valence-electron chi connectivity index (χ1n) is 5.79. The van der Waals surface area contributed by atoms with Gasteiger partial charge in [-0.05, 0) is 25.7 Å². The van der Waals surface area contributed by atoms with Crippen molar-refractivity contribution >= 4 is 5.91 Å². The van der Waals surface area contributed by atoms with Crippen LogP contribution in [0.3, 0.4) is 0 Å². The number of aliphatic hydroxyl groups is 1. The Morgan fingerprint density at radius 1 is 1.31 bits per heavy atom. The third-order valence-corrected chi connectivity index (χ3v) is 2.03. The summed E-state index contributed by atoms with van der Waals surface area (Å²) in [6, 6.07) is 0. The second-order valence-electron chi connectivity index (χ2n) is 5.43. The molecule has 0 aliphatic carbocycles. The fourth-order valence-corrected chi connectivity index (χ4v) is 1.18. The van der Waals surface area contributed by atoms with Gasteiger partial charge in [0.25, 0.3) is 0 Å². The van der Waals surface area contributed by atoms with Gasteiger partial charge in [-0.3, -0.25) is 4.79 Å². The van der Waals surface area contributed by atoms with Gasteiger partial charge < -0.3 is 15.2 Å². The summed E-state index contributed by atoms with van der Waals surface area (Å²) in [6.07, 6.45) is 1.34. The van der Waals surface area contributed by atoms with E-state index in [1.165, 1.54) is 0 Å². The zero-order chi connectivity index (χ0) is 12.8. The van der Waals surface area contributed by atoms with Gasteiger partial charge in [-0.25, -0.2) is 0 Å². The highest BCUT2D eigenvalue weighted by molar-refractivity contribution is 5.76. The summed E-state index contributed by atoms with van der Waals surface area (Å²) in [5.74, 6) is -1.11. The van der Waals surface area contributed by atoms with Crippen molar-refractivity contribution in [3.8, 4) is 0 Å². The van der Waals surface area contributed by atoms with E-state index in [1.807, 2.05) is 20.8 Å². The van der Waals surface area contributed by atoms with Crippen molar-refractivity contribution in [1.29, 1.82) is 0 Å². The van der Waals surface area contributed by atoms with Gasteiger partial charge in [-0.15, -0.1) is 0 Å². The van der Waals surface area contributed by atoms with E-state index in [1.54, 1.807) is 13.8 Å². The largest absolute Gasteiger partial charge is 0.366 e. The van der Waals surface area contributed by atoms with Crippen molar-refractivity contribution in [2.45, 2.75) is 53.2 Å². The van der Waals surface area contributed by atoms with Gasteiger partial charge in [-0.1, -0.05) is 20.8 Å². The lowest BCUT2D eigenvalue weighted by atomic mass is 9.90. The Morgan fingerprint density at radius 3 is 2.31 bits per heavy atom. The third-order valence-electron chi connectivity index (χ3n) is 2.03. The zero-order valence-electron chi connectivity index (χ0n) is 11.1. The highest BCUT2D eigenvalue weighted by Crippen LogP contribution is 2.22. The Labute approximate surface area is 98.4 Å². The second-order valence-corrected chi connectivity index (χ2v) is 5.43. The fourth-order valence-electron chi connectivity index (χ4n) is 1.18. The standard InChI is InChI=1S/C12H25NO3/c1-6-7-13-10(14)8-11(2,3)9-16-12(4,5)15/h15H,6-9H2,1-5H3,(H,13,14). The van der Waals surface area contributed by atoms with E-state index < -0.39 is 5.79 Å². The monoisotopic (exact) mass is 231 g/mol. The lowest BCUT2D eigenvalue weighted by Gasteiger charge is -2.28. The smallest absolute Gasteiger partial charge is 0.220 e. The first kappa shape index (κ1) is 15.4. The summed E-state index contributed by atoms with van der Waals surface area (Å²) >= 11 is 0. The Bertz CT molecular complexity index is 219. The summed E-state index contributed by atoms with van der Waals surface area (Å²) in [6.45, 7) is 10.1. The van der Waals surface area contributed by atoms with E-state index in [9.17, 15) is 9.90 Å². The van der Waals surface area contributed by atoms with Crippen LogP contribution >= 0.6 is 0 Å². The van der Waals surface area contributed by atoms with Crippen LogP contribution in [0.2, 0.25) is 0 Å². The number of ether oxygens (including phenoxy) is 1. The Balaban J connectivity index is 3.99. The van der Waals surface area contributed by atoms with Crippen LogP contribution in [0.25, 0.3) is 0 Å². The molecule has 0 heterocycles. The molecule has 0 spiro atoms. The van der Waals surface area contributed by atoms with Crippen molar-refractivity contribution in [3.05, 3.63) is 0 Å². The van der Waals surface area contributed by atoms with E-state index in [2.05, 4.69) is 5.32 Å². The maximum atomic E-state index is 11.5. The van der Waals surface area contributed by atoms with Crippen LogP contribution in [0.5, 0.6) is 0 Å². The summed E-state index contributed by atoms with van der Waals surface area (Å²) in [4.78, 5) is 11.5. The van der Waals surface area contributed by atoms with Gasteiger partial charge in [0.15, 0.2) is 5.79 Å². The quantitative estimate of drug-likeness (QED) is 0.655. The minimum atomic E-state index is -1.14. The summed E-state index contributed by atoms with van der Waals surface area (Å²) in [5, 5.41) is 12.3. The molecule has 96 valence electrons. The van der Waals surface area contributed by atoms with E-state index in [0.717, 1.165) is 6.42 Å². The second kappa shape index (κ2) is 6.21. The zero-order valence-corrected chi connectivity index (χ0v) is 11.1. The van der Waals surface area contributed by atoms with Gasteiger partial charge in [0.1, 0.15) is 0 Å². The minimum absolute atomic E-state index is 0.0335. The average molecular weight is 231 g/mol. The van der Waals surface area contributed by atoms with Crippen LogP contribution < -0.4 is 5.32 Å².